The van der Waals surface area contributed by atoms with E-state index in [1.165, 1.54) is 7.11 Å². The minimum atomic E-state index is -0.561. The summed E-state index contributed by atoms with van der Waals surface area (Å²) in [6, 6.07) is 4.88. The second-order valence-electron chi connectivity index (χ2n) is 6.54. The number of Topliss-reactive ketones (excluding diaryl/α,β-unsaturated/α-hetero) is 1. The lowest BCUT2D eigenvalue weighted by Gasteiger charge is -2.30. The molecule has 0 bridgehead atoms. The Morgan fingerprint density at radius 3 is 2.41 bits per heavy atom. The number of amides is 1. The van der Waals surface area contributed by atoms with Gasteiger partial charge in [0, 0.05) is 11.6 Å². The smallest absolute Gasteiger partial charge is 0.254 e. The Bertz CT molecular complexity index is 985. The second kappa shape index (κ2) is 6.44. The highest BCUT2D eigenvalue weighted by atomic mass is 16.5. The molecule has 3 rings (SSSR count). The lowest BCUT2D eigenvalue weighted by Crippen LogP contribution is -2.40. The van der Waals surface area contributed by atoms with Crippen molar-refractivity contribution in [1.82, 2.24) is 0 Å². The van der Waals surface area contributed by atoms with Crippen molar-refractivity contribution in [3.8, 4) is 5.75 Å². The van der Waals surface area contributed by atoms with Gasteiger partial charge < -0.3 is 20.9 Å². The van der Waals surface area contributed by atoms with Gasteiger partial charge in [0.2, 0.25) is 5.78 Å². The van der Waals surface area contributed by atoms with Gasteiger partial charge in [-0.1, -0.05) is 0 Å². The molecule has 140 valence electrons. The van der Waals surface area contributed by atoms with Gasteiger partial charge in [-0.25, -0.2) is 4.48 Å². The van der Waals surface area contributed by atoms with Crippen molar-refractivity contribution in [3.63, 3.8) is 0 Å². The fourth-order valence-corrected chi connectivity index (χ4v) is 3.61. The van der Waals surface area contributed by atoms with E-state index in [0.717, 1.165) is 5.70 Å². The van der Waals surface area contributed by atoms with Gasteiger partial charge in [-0.2, -0.15) is 0 Å². The Hall–Kier alpha value is -3.32. The van der Waals surface area contributed by atoms with E-state index < -0.39 is 5.91 Å². The van der Waals surface area contributed by atoms with E-state index in [1.807, 2.05) is 14.0 Å². The third-order valence-corrected chi connectivity index (χ3v) is 4.91. The van der Waals surface area contributed by atoms with Crippen LogP contribution in [-0.2, 0) is 9.53 Å². The molecule has 7 heteroatoms. The average Bonchev–Trinajstić information content (AvgIpc) is 2.86. The topological polar surface area (TPSA) is 105 Å². The van der Waals surface area contributed by atoms with Crippen LogP contribution >= 0.6 is 0 Å². The number of likely N-dealkylation sites (N-methyl/N-ethyl adjacent to an activating group) is 1. The number of carbonyl (C=O) groups excluding carboxylic acids is 2. The lowest BCUT2D eigenvalue weighted by atomic mass is 10.0. The number of fused-ring (bicyclic) bond motifs is 1. The Labute approximate surface area is 157 Å². The van der Waals surface area contributed by atoms with Crippen LogP contribution in [-0.4, -0.2) is 37.4 Å². The first-order chi connectivity index (χ1) is 12.7. The molecule has 1 unspecified atom stereocenters. The van der Waals surface area contributed by atoms with Crippen molar-refractivity contribution >= 4 is 17.4 Å². The monoisotopic (exact) mass is 368 g/mol. The number of primary amides is 1. The molecule has 27 heavy (non-hydrogen) atoms. The van der Waals surface area contributed by atoms with Crippen molar-refractivity contribution in [1.29, 1.82) is 0 Å². The highest BCUT2D eigenvalue weighted by Crippen LogP contribution is 2.44. The minimum absolute atomic E-state index is 0.00466. The summed E-state index contributed by atoms with van der Waals surface area (Å²) in [5, 5.41) is 0. The van der Waals surface area contributed by atoms with Crippen LogP contribution in [0, 0.1) is 0 Å². The maximum atomic E-state index is 13.4. The van der Waals surface area contributed by atoms with Crippen LogP contribution in [0.15, 0.2) is 64.9 Å². The number of quaternary nitrogens is 1. The molecule has 0 aliphatic carbocycles. The molecule has 1 aromatic carbocycles. The molecule has 7 nitrogen and oxygen atoms in total. The van der Waals surface area contributed by atoms with Gasteiger partial charge >= 0.3 is 0 Å². The summed E-state index contributed by atoms with van der Waals surface area (Å²) in [6.45, 7) is 1.82. The number of rotatable bonds is 5. The number of benzene rings is 1. The zero-order valence-electron chi connectivity index (χ0n) is 15.7. The standard InChI is InChI=1S/C20H21N3O4/c1-11-17(18(24)12-5-7-14(21)16(9-12)26-3)23(2)10-13(20(22)25)6-8-15(23)19(11)27-4/h5-10H,1-4H3,(H3-,21,22,24,25)/p+1. The largest absolute Gasteiger partial charge is 0.495 e. The molecule has 0 spiro atoms. The Morgan fingerprint density at radius 2 is 1.81 bits per heavy atom. The van der Waals surface area contributed by atoms with Crippen molar-refractivity contribution in [2.24, 2.45) is 5.73 Å². The molecule has 0 saturated carbocycles. The van der Waals surface area contributed by atoms with Crippen LogP contribution in [0.1, 0.15) is 17.3 Å². The van der Waals surface area contributed by atoms with Gasteiger partial charge in [0.25, 0.3) is 5.91 Å². The molecule has 2 aliphatic rings. The Kier molecular flexibility index (Phi) is 4.41. The maximum absolute atomic E-state index is 13.4. The first kappa shape index (κ1) is 18.5. The summed E-state index contributed by atoms with van der Waals surface area (Å²) in [5.41, 5.74) is 14.4. The first-order valence-electron chi connectivity index (χ1n) is 8.30. The predicted octanol–water partition coefficient (Wildman–Crippen LogP) is 1.99. The van der Waals surface area contributed by atoms with Gasteiger partial charge in [0.05, 0.1) is 38.1 Å². The van der Waals surface area contributed by atoms with E-state index in [0.29, 0.717) is 39.6 Å². The van der Waals surface area contributed by atoms with Crippen molar-refractivity contribution < 1.29 is 23.5 Å². The van der Waals surface area contributed by atoms with Crippen molar-refractivity contribution in [3.05, 3.63) is 70.4 Å². The highest BCUT2D eigenvalue weighted by molar-refractivity contribution is 6.09. The molecule has 1 atom stereocenters. The molecule has 4 N–H and O–H groups in total. The van der Waals surface area contributed by atoms with Crippen molar-refractivity contribution in [2.45, 2.75) is 6.92 Å². The van der Waals surface area contributed by atoms with E-state index in [4.69, 9.17) is 20.9 Å². The Morgan fingerprint density at radius 1 is 1.11 bits per heavy atom. The number of nitrogens with zero attached hydrogens (tertiary/aromatic N) is 1. The third kappa shape index (κ3) is 2.72. The number of hydrogen-bond acceptors (Lipinski definition) is 5. The molecule has 0 aromatic heterocycles. The van der Waals surface area contributed by atoms with Gasteiger partial charge in [-0.15, -0.1) is 0 Å². The number of nitrogen functional groups attached to an aromatic ring is 1. The predicted molar refractivity (Wildman–Crippen MR) is 101 cm³/mol. The molecule has 0 radical (unpaired) electrons. The van der Waals surface area contributed by atoms with Gasteiger partial charge in [-0.05, 0) is 31.2 Å². The lowest BCUT2D eigenvalue weighted by molar-refractivity contribution is -0.770. The maximum Gasteiger partial charge on any atom is 0.254 e. The van der Waals surface area contributed by atoms with E-state index in [9.17, 15) is 9.59 Å². The normalized spacial score (nSPS) is 21.1. The summed E-state index contributed by atoms with van der Waals surface area (Å²) < 4.78 is 10.8. The molecule has 1 amide bonds. The minimum Gasteiger partial charge on any atom is -0.495 e. The van der Waals surface area contributed by atoms with E-state index >= 15 is 0 Å². The third-order valence-electron chi connectivity index (χ3n) is 4.91. The van der Waals surface area contributed by atoms with Gasteiger partial charge in [0.1, 0.15) is 11.9 Å². The van der Waals surface area contributed by atoms with Crippen LogP contribution in [0.2, 0.25) is 0 Å². The first-order valence-corrected chi connectivity index (χ1v) is 8.30. The number of methoxy groups -OCH3 is 2. The average molecular weight is 368 g/mol. The van der Waals surface area contributed by atoms with Gasteiger partial charge in [0.15, 0.2) is 17.2 Å². The number of hydrogen-bond donors (Lipinski definition) is 2. The van der Waals surface area contributed by atoms with Crippen LogP contribution in [0.4, 0.5) is 5.69 Å². The quantitative estimate of drug-likeness (QED) is 0.470. The molecular weight excluding hydrogens is 346 g/mol. The second-order valence-corrected chi connectivity index (χ2v) is 6.54. The fourth-order valence-electron chi connectivity index (χ4n) is 3.61. The molecule has 2 heterocycles. The van der Waals surface area contributed by atoms with Gasteiger partial charge in [-0.3, -0.25) is 9.59 Å². The molecule has 0 saturated heterocycles. The molecular formula is C20H22N3O4+. The number of allylic oxidation sites excluding steroid dienone is 3. The van der Waals surface area contributed by atoms with E-state index in [2.05, 4.69) is 0 Å². The highest BCUT2D eigenvalue weighted by Gasteiger charge is 2.48. The summed E-state index contributed by atoms with van der Waals surface area (Å²) >= 11 is 0. The number of anilines is 1. The number of ether oxygens (including phenoxy) is 2. The fraction of sp³-hybridized carbons (Fsp3) is 0.200. The zero-order chi connectivity index (χ0) is 19.9. The summed E-state index contributed by atoms with van der Waals surface area (Å²) in [6.07, 6.45) is 5.05. The number of nitrogens with two attached hydrogens (primary N) is 2. The van der Waals surface area contributed by atoms with Crippen LogP contribution in [0.5, 0.6) is 5.75 Å². The van der Waals surface area contributed by atoms with Crippen LogP contribution in [0.25, 0.3) is 0 Å². The zero-order valence-corrected chi connectivity index (χ0v) is 15.7. The van der Waals surface area contributed by atoms with E-state index in [1.54, 1.807) is 43.7 Å². The SMILES string of the molecule is COC1=C2C=CC(C(N)=O)=C[N+]2(C)C(C(=O)c2ccc(N)c(OC)c2)=C1C. The molecule has 2 aliphatic heterocycles. The number of ketones is 1. The van der Waals surface area contributed by atoms with E-state index in [-0.39, 0.29) is 10.3 Å². The molecule has 1 aromatic rings. The summed E-state index contributed by atoms with van der Waals surface area (Å²) in [7, 11) is 4.87. The summed E-state index contributed by atoms with van der Waals surface area (Å²) in [4.78, 5) is 25.1. The number of carbonyl (C=O) groups is 2. The molecule has 0 fully saturated rings. The summed E-state index contributed by atoms with van der Waals surface area (Å²) in [5.74, 6) is 0.244. The van der Waals surface area contributed by atoms with Crippen LogP contribution in [0.3, 0.4) is 0 Å². The van der Waals surface area contributed by atoms with Crippen LogP contribution < -0.4 is 16.2 Å². The Balaban J connectivity index is 2.17. The van der Waals surface area contributed by atoms with Crippen molar-refractivity contribution in [2.75, 3.05) is 27.0 Å².